The molecule has 0 aromatic heterocycles. The Hall–Kier alpha value is -0.0400. The van der Waals surface area contributed by atoms with E-state index in [1.807, 2.05) is 0 Å². The molecule has 3 saturated heterocycles. The molecule has 2 aliphatic carbocycles. The molecule has 0 aromatic carbocycles. The van der Waals surface area contributed by atoms with Crippen molar-refractivity contribution in [3.63, 3.8) is 0 Å². The molecule has 6 unspecified atom stereocenters. The molecule has 6 bridgehead atoms. The molecule has 0 aromatic rings. The van der Waals surface area contributed by atoms with Gasteiger partial charge in [0.2, 0.25) is 0 Å². The van der Waals surface area contributed by atoms with E-state index >= 15 is 0 Å². The molecule has 5 aliphatic rings. The van der Waals surface area contributed by atoms with Crippen LogP contribution in [0.5, 0.6) is 0 Å². The van der Waals surface area contributed by atoms with Crippen LogP contribution in [0.25, 0.3) is 0 Å². The first-order valence-electron chi connectivity index (χ1n) is 4.21. The van der Waals surface area contributed by atoms with Crippen LogP contribution in [0.4, 0.5) is 0 Å². The summed E-state index contributed by atoms with van der Waals surface area (Å²) in [5.41, 5.74) is 0. The summed E-state index contributed by atoms with van der Waals surface area (Å²) in [7, 11) is 0. The van der Waals surface area contributed by atoms with Crippen molar-refractivity contribution in [3.05, 3.63) is 0 Å². The van der Waals surface area contributed by atoms with Crippen LogP contribution in [0.1, 0.15) is 12.8 Å². The maximum atomic E-state index is 2.77. The lowest BCUT2D eigenvalue weighted by Gasteiger charge is -2.36. The van der Waals surface area contributed by atoms with Gasteiger partial charge in [0, 0.05) is 18.6 Å². The molecule has 0 spiro atoms. The first kappa shape index (κ1) is 3.97. The quantitative estimate of drug-likeness (QED) is 0.456. The van der Waals surface area contributed by atoms with Crippen LogP contribution in [0.2, 0.25) is 0 Å². The van der Waals surface area contributed by atoms with Gasteiger partial charge in [-0.25, -0.2) is 0 Å². The summed E-state index contributed by atoms with van der Waals surface area (Å²) in [5, 5.41) is 0. The van der Waals surface area contributed by atoms with Gasteiger partial charge in [-0.2, -0.15) is 0 Å². The molecular weight excluding hydrogens is 110 g/mol. The summed E-state index contributed by atoms with van der Waals surface area (Å²) in [6.07, 6.45) is 3.18. The van der Waals surface area contributed by atoms with E-state index in [-0.39, 0.29) is 0 Å². The lowest BCUT2D eigenvalue weighted by molar-refractivity contribution is 0.108. The Bertz CT molecular complexity index is 164. The van der Waals surface area contributed by atoms with Crippen LogP contribution in [0.3, 0.4) is 0 Å². The van der Waals surface area contributed by atoms with Gasteiger partial charge in [-0.1, -0.05) is 0 Å². The number of hydrogen-bond acceptors (Lipinski definition) is 1. The van der Waals surface area contributed by atoms with Crippen molar-refractivity contribution >= 4 is 0 Å². The third-order valence-electron chi connectivity index (χ3n) is 4.32. The standard InChI is InChI=1S/C8H11N/c1-4-2-7-5(1)6-3-9(7)8(4)6/h4-8H,1-3H2. The number of nitrogens with zero attached hydrogens (tertiary/aromatic N) is 1. The predicted molar refractivity (Wildman–Crippen MR) is 34.0 cm³/mol. The molecule has 9 heavy (non-hydrogen) atoms. The van der Waals surface area contributed by atoms with Gasteiger partial charge in [-0.3, -0.25) is 4.90 Å². The fourth-order valence-electron chi connectivity index (χ4n) is 4.15. The van der Waals surface area contributed by atoms with Crippen LogP contribution >= 0.6 is 0 Å². The minimum atomic E-state index is 1.09. The minimum Gasteiger partial charge on any atom is -0.296 e. The molecular formula is C8H11N. The van der Waals surface area contributed by atoms with Gasteiger partial charge < -0.3 is 0 Å². The first-order valence-corrected chi connectivity index (χ1v) is 4.21. The van der Waals surface area contributed by atoms with E-state index in [1.165, 1.54) is 24.3 Å². The Balaban J connectivity index is 2.04. The molecule has 5 rings (SSSR count). The zero-order valence-corrected chi connectivity index (χ0v) is 5.46. The molecule has 2 saturated carbocycles. The smallest absolute Gasteiger partial charge is 0.0171 e. The second-order valence-electron chi connectivity index (χ2n) is 4.31. The zero-order chi connectivity index (χ0) is 5.59. The average molecular weight is 121 g/mol. The molecule has 0 N–H and O–H groups in total. The van der Waals surface area contributed by atoms with Gasteiger partial charge in [0.05, 0.1) is 0 Å². The Kier molecular flexibility index (Phi) is 0.387. The van der Waals surface area contributed by atoms with Crippen molar-refractivity contribution < 1.29 is 0 Å². The SMILES string of the molecule is C1C2CC3C1C1CN3C21. The van der Waals surface area contributed by atoms with E-state index in [0.29, 0.717) is 0 Å². The van der Waals surface area contributed by atoms with Crippen molar-refractivity contribution in [2.75, 3.05) is 6.54 Å². The van der Waals surface area contributed by atoms with Gasteiger partial charge in [0.1, 0.15) is 0 Å². The van der Waals surface area contributed by atoms with Gasteiger partial charge in [-0.15, -0.1) is 0 Å². The summed E-state index contributed by atoms with van der Waals surface area (Å²) in [6, 6.07) is 2.20. The fourth-order valence-corrected chi connectivity index (χ4v) is 4.15. The maximum absolute atomic E-state index is 2.77. The van der Waals surface area contributed by atoms with E-state index < -0.39 is 0 Å². The molecule has 5 fully saturated rings. The topological polar surface area (TPSA) is 3.24 Å². The molecule has 0 amide bonds. The van der Waals surface area contributed by atoms with Crippen LogP contribution in [0, 0.1) is 17.8 Å². The van der Waals surface area contributed by atoms with Gasteiger partial charge in [-0.05, 0) is 30.6 Å². The Morgan fingerprint density at radius 3 is 2.56 bits per heavy atom. The lowest BCUT2D eigenvalue weighted by atomic mass is 9.87. The van der Waals surface area contributed by atoms with E-state index in [1.54, 1.807) is 12.8 Å². The molecule has 48 valence electrons. The summed E-state index contributed by atoms with van der Waals surface area (Å²) in [5.74, 6) is 3.53. The summed E-state index contributed by atoms with van der Waals surface area (Å²) in [6.45, 7) is 1.48. The van der Waals surface area contributed by atoms with Crippen molar-refractivity contribution in [1.29, 1.82) is 0 Å². The van der Waals surface area contributed by atoms with E-state index in [2.05, 4.69) is 4.90 Å². The lowest BCUT2D eigenvalue weighted by Crippen LogP contribution is -2.46. The second kappa shape index (κ2) is 0.878. The highest BCUT2D eigenvalue weighted by Gasteiger charge is 2.70. The first-order chi connectivity index (χ1) is 4.45. The van der Waals surface area contributed by atoms with Crippen molar-refractivity contribution in [1.82, 2.24) is 4.90 Å². The van der Waals surface area contributed by atoms with Crippen LogP contribution in [-0.2, 0) is 0 Å². The summed E-state index contributed by atoms with van der Waals surface area (Å²) < 4.78 is 0. The molecule has 1 nitrogen and oxygen atoms in total. The largest absolute Gasteiger partial charge is 0.296 e. The number of piperidine rings is 1. The molecule has 6 atom stereocenters. The number of rotatable bonds is 0. The van der Waals surface area contributed by atoms with Crippen molar-refractivity contribution in [3.8, 4) is 0 Å². The highest BCUT2D eigenvalue weighted by atomic mass is 15.3. The maximum Gasteiger partial charge on any atom is 0.0171 e. The Labute approximate surface area is 55.0 Å². The van der Waals surface area contributed by atoms with E-state index in [4.69, 9.17) is 0 Å². The third kappa shape index (κ3) is 0.219. The third-order valence-corrected chi connectivity index (χ3v) is 4.32. The summed E-state index contributed by atoms with van der Waals surface area (Å²) >= 11 is 0. The second-order valence-corrected chi connectivity index (χ2v) is 4.31. The normalized spacial score (nSPS) is 80.0. The minimum absolute atomic E-state index is 1.09. The van der Waals surface area contributed by atoms with Crippen LogP contribution in [0.15, 0.2) is 0 Å². The molecule has 0 radical (unpaired) electrons. The highest BCUT2D eigenvalue weighted by molar-refractivity contribution is 5.23. The summed E-state index contributed by atoms with van der Waals surface area (Å²) in [4.78, 5) is 2.77. The van der Waals surface area contributed by atoms with E-state index in [0.717, 1.165) is 12.1 Å². The van der Waals surface area contributed by atoms with Gasteiger partial charge in [0.15, 0.2) is 0 Å². The van der Waals surface area contributed by atoms with E-state index in [9.17, 15) is 0 Å². The Morgan fingerprint density at radius 2 is 2.11 bits per heavy atom. The highest BCUT2D eigenvalue weighted by Crippen LogP contribution is 2.66. The predicted octanol–water partition coefficient (Wildman–Crippen LogP) is 0.709. The zero-order valence-electron chi connectivity index (χ0n) is 5.46. The molecule has 1 heteroatoms. The van der Waals surface area contributed by atoms with Crippen LogP contribution < -0.4 is 0 Å². The average Bonchev–Trinajstić information content (AvgIpc) is 2.24. The molecule has 3 aliphatic heterocycles. The Morgan fingerprint density at radius 1 is 1.11 bits per heavy atom. The van der Waals surface area contributed by atoms with Gasteiger partial charge >= 0.3 is 0 Å². The van der Waals surface area contributed by atoms with Crippen molar-refractivity contribution in [2.45, 2.75) is 24.9 Å². The number of hydrogen-bond donors (Lipinski definition) is 0. The van der Waals surface area contributed by atoms with Crippen LogP contribution in [-0.4, -0.2) is 23.5 Å². The van der Waals surface area contributed by atoms with Crippen molar-refractivity contribution in [2.24, 2.45) is 17.8 Å². The van der Waals surface area contributed by atoms with Gasteiger partial charge in [0.25, 0.3) is 0 Å². The molecule has 3 heterocycles. The monoisotopic (exact) mass is 121 g/mol. The fraction of sp³-hybridized carbons (Fsp3) is 1.00.